The molecule has 0 fully saturated rings. The van der Waals surface area contributed by atoms with Crippen LogP contribution < -0.4 is 0 Å². The molecule has 0 saturated heterocycles. The Morgan fingerprint density at radius 1 is 1.36 bits per heavy atom. The lowest BCUT2D eigenvalue weighted by Gasteiger charge is -1.96. The van der Waals surface area contributed by atoms with E-state index in [4.69, 9.17) is 0 Å². The summed E-state index contributed by atoms with van der Waals surface area (Å²) in [5.41, 5.74) is 0.937. The lowest BCUT2D eigenvalue weighted by molar-refractivity contribution is 0.112. The summed E-state index contributed by atoms with van der Waals surface area (Å²) in [4.78, 5) is 14.4. The summed E-state index contributed by atoms with van der Waals surface area (Å²) in [5, 5.41) is 2.03. The van der Waals surface area contributed by atoms with Crippen LogP contribution in [0.15, 0.2) is 29.6 Å². The normalized spacial score (nSPS) is 10.1. The molecule has 4 heteroatoms. The highest BCUT2D eigenvalue weighted by atomic mass is 32.1. The molecule has 0 aliphatic rings. The summed E-state index contributed by atoms with van der Waals surface area (Å²) >= 11 is 1.21. The average Bonchev–Trinajstić information content (AvgIpc) is 2.67. The molecule has 0 spiro atoms. The van der Waals surface area contributed by atoms with E-state index >= 15 is 0 Å². The molecular formula is C10H6FNOS. The summed E-state index contributed by atoms with van der Waals surface area (Å²) in [6.45, 7) is 0. The van der Waals surface area contributed by atoms with Gasteiger partial charge in [0.1, 0.15) is 5.82 Å². The number of thiazole rings is 1. The number of carbonyl (C=O) groups is 1. The fourth-order valence-electron chi connectivity index (χ4n) is 1.13. The zero-order valence-electron chi connectivity index (χ0n) is 7.11. The van der Waals surface area contributed by atoms with E-state index in [0.29, 0.717) is 22.6 Å². The van der Waals surface area contributed by atoms with Gasteiger partial charge < -0.3 is 0 Å². The topological polar surface area (TPSA) is 30.0 Å². The summed E-state index contributed by atoms with van der Waals surface area (Å²) in [6, 6.07) is 6.36. The van der Waals surface area contributed by atoms with Gasteiger partial charge in [-0.3, -0.25) is 4.79 Å². The molecule has 0 aliphatic heterocycles. The molecule has 2 nitrogen and oxygen atoms in total. The fourth-order valence-corrected chi connectivity index (χ4v) is 1.75. The first-order valence-electron chi connectivity index (χ1n) is 3.97. The van der Waals surface area contributed by atoms with E-state index in [1.807, 2.05) is 0 Å². The number of nitrogens with zero attached hydrogens (tertiary/aromatic N) is 1. The van der Waals surface area contributed by atoms with Gasteiger partial charge in [0.2, 0.25) is 0 Å². The van der Waals surface area contributed by atoms with Crippen molar-refractivity contribution in [3.8, 4) is 11.3 Å². The number of carbonyl (C=O) groups excluding carboxylic acids is 1. The third-order valence-electron chi connectivity index (χ3n) is 1.77. The monoisotopic (exact) mass is 207 g/mol. The van der Waals surface area contributed by atoms with Crippen LogP contribution >= 0.6 is 11.3 Å². The van der Waals surface area contributed by atoms with Gasteiger partial charge in [-0.1, -0.05) is 12.1 Å². The van der Waals surface area contributed by atoms with Gasteiger partial charge >= 0.3 is 0 Å². The Labute approximate surface area is 84.0 Å². The van der Waals surface area contributed by atoms with Gasteiger partial charge in [0.15, 0.2) is 11.3 Å². The Kier molecular flexibility index (Phi) is 2.37. The van der Waals surface area contributed by atoms with Crippen LogP contribution in [-0.4, -0.2) is 11.3 Å². The van der Waals surface area contributed by atoms with Crippen LogP contribution in [0.3, 0.4) is 0 Å². The highest BCUT2D eigenvalue weighted by molar-refractivity contribution is 7.11. The third kappa shape index (κ3) is 1.56. The van der Waals surface area contributed by atoms with E-state index < -0.39 is 0 Å². The Morgan fingerprint density at radius 2 is 2.14 bits per heavy atom. The van der Waals surface area contributed by atoms with Crippen LogP contribution in [-0.2, 0) is 0 Å². The SMILES string of the molecule is O=Cc1nc(-c2ccccc2F)cs1. The molecular weight excluding hydrogens is 201 g/mol. The number of hydrogen-bond acceptors (Lipinski definition) is 3. The molecule has 70 valence electrons. The van der Waals surface area contributed by atoms with Crippen molar-refractivity contribution in [2.45, 2.75) is 0 Å². The van der Waals surface area contributed by atoms with Gasteiger partial charge in [-0.25, -0.2) is 9.37 Å². The molecule has 14 heavy (non-hydrogen) atoms. The lowest BCUT2D eigenvalue weighted by atomic mass is 10.2. The number of halogens is 1. The van der Waals surface area contributed by atoms with Crippen molar-refractivity contribution < 1.29 is 9.18 Å². The van der Waals surface area contributed by atoms with Gasteiger partial charge in [-0.15, -0.1) is 11.3 Å². The fraction of sp³-hybridized carbons (Fsp3) is 0. The van der Waals surface area contributed by atoms with Crippen LogP contribution in [0.5, 0.6) is 0 Å². The predicted molar refractivity (Wildman–Crippen MR) is 52.9 cm³/mol. The van der Waals surface area contributed by atoms with Gasteiger partial charge in [0.05, 0.1) is 5.69 Å². The molecule has 2 aromatic rings. The van der Waals surface area contributed by atoms with E-state index in [-0.39, 0.29) is 5.82 Å². The second-order valence-electron chi connectivity index (χ2n) is 2.67. The van der Waals surface area contributed by atoms with Crippen LogP contribution in [0, 0.1) is 5.82 Å². The van der Waals surface area contributed by atoms with E-state index in [1.165, 1.54) is 17.4 Å². The number of aromatic nitrogens is 1. The van der Waals surface area contributed by atoms with Crippen molar-refractivity contribution in [1.82, 2.24) is 4.98 Å². The third-order valence-corrected chi connectivity index (χ3v) is 2.54. The highest BCUT2D eigenvalue weighted by Crippen LogP contribution is 2.23. The number of benzene rings is 1. The Morgan fingerprint density at radius 3 is 2.79 bits per heavy atom. The molecule has 2 rings (SSSR count). The summed E-state index contributed by atoms with van der Waals surface area (Å²) in [5.74, 6) is -0.324. The largest absolute Gasteiger partial charge is 0.295 e. The standard InChI is InChI=1S/C10H6FNOS/c11-8-4-2-1-3-7(8)9-6-14-10(5-13)12-9/h1-6H. The molecule has 1 heterocycles. The summed E-state index contributed by atoms with van der Waals surface area (Å²) in [7, 11) is 0. The molecule has 0 N–H and O–H groups in total. The first-order chi connectivity index (χ1) is 6.81. The Hall–Kier alpha value is -1.55. The maximum absolute atomic E-state index is 13.3. The van der Waals surface area contributed by atoms with Gasteiger partial charge in [-0.2, -0.15) is 0 Å². The minimum absolute atomic E-state index is 0.324. The first-order valence-corrected chi connectivity index (χ1v) is 4.85. The maximum atomic E-state index is 13.3. The second-order valence-corrected chi connectivity index (χ2v) is 3.56. The minimum Gasteiger partial charge on any atom is -0.295 e. The molecule has 1 aromatic carbocycles. The predicted octanol–water partition coefficient (Wildman–Crippen LogP) is 2.76. The first kappa shape index (κ1) is 9.02. The molecule has 0 radical (unpaired) electrons. The van der Waals surface area contributed by atoms with E-state index in [2.05, 4.69) is 4.98 Å². The van der Waals surface area contributed by atoms with E-state index in [1.54, 1.807) is 23.6 Å². The quantitative estimate of drug-likeness (QED) is 0.709. The molecule has 0 amide bonds. The van der Waals surface area contributed by atoms with Crippen molar-refractivity contribution in [3.63, 3.8) is 0 Å². The van der Waals surface area contributed by atoms with Crippen molar-refractivity contribution in [2.75, 3.05) is 0 Å². The van der Waals surface area contributed by atoms with Crippen LogP contribution in [0.2, 0.25) is 0 Å². The van der Waals surface area contributed by atoms with E-state index in [9.17, 15) is 9.18 Å². The van der Waals surface area contributed by atoms with E-state index in [0.717, 1.165) is 0 Å². The molecule has 0 saturated carbocycles. The molecule has 0 bridgehead atoms. The smallest absolute Gasteiger partial charge is 0.178 e. The summed E-state index contributed by atoms with van der Waals surface area (Å²) < 4.78 is 13.3. The van der Waals surface area contributed by atoms with Crippen molar-refractivity contribution >= 4 is 17.6 Å². The highest BCUT2D eigenvalue weighted by Gasteiger charge is 2.07. The number of aldehydes is 1. The van der Waals surface area contributed by atoms with Crippen LogP contribution in [0.1, 0.15) is 9.80 Å². The number of rotatable bonds is 2. The minimum atomic E-state index is -0.324. The lowest BCUT2D eigenvalue weighted by Crippen LogP contribution is -1.84. The zero-order chi connectivity index (χ0) is 9.97. The maximum Gasteiger partial charge on any atom is 0.178 e. The zero-order valence-corrected chi connectivity index (χ0v) is 7.92. The Bertz CT molecular complexity index is 467. The summed E-state index contributed by atoms with van der Waals surface area (Å²) in [6.07, 6.45) is 0.662. The Balaban J connectivity index is 2.49. The molecule has 0 atom stereocenters. The second kappa shape index (κ2) is 3.67. The van der Waals surface area contributed by atoms with Gasteiger partial charge in [0.25, 0.3) is 0 Å². The molecule has 0 unspecified atom stereocenters. The van der Waals surface area contributed by atoms with Crippen LogP contribution in [0.4, 0.5) is 4.39 Å². The average molecular weight is 207 g/mol. The van der Waals surface area contributed by atoms with Gasteiger partial charge in [-0.05, 0) is 12.1 Å². The van der Waals surface area contributed by atoms with Crippen molar-refractivity contribution in [3.05, 3.63) is 40.5 Å². The number of hydrogen-bond donors (Lipinski definition) is 0. The van der Waals surface area contributed by atoms with Crippen LogP contribution in [0.25, 0.3) is 11.3 Å². The molecule has 0 aliphatic carbocycles. The van der Waals surface area contributed by atoms with Crippen molar-refractivity contribution in [1.29, 1.82) is 0 Å². The van der Waals surface area contributed by atoms with Gasteiger partial charge in [0, 0.05) is 10.9 Å². The molecule has 1 aromatic heterocycles. The van der Waals surface area contributed by atoms with Crippen molar-refractivity contribution in [2.24, 2.45) is 0 Å².